The standard InChI is InChI=1S/C27H20F3NO4S3/c1-3-18-10-4-8-14-23(18)36-17(2)37-24-16-21(19-11-5-6-12-20(19)26(24)32)31-38(33,34)25-15-9-7-13-22(25)35-27(28,29)30/h3-16,31-32H,1-2H2. The van der Waals surface area contributed by atoms with Gasteiger partial charge in [0.05, 0.1) is 10.6 Å². The second-order valence-corrected chi connectivity index (χ2v) is 11.9. The maximum absolute atomic E-state index is 13.2. The lowest BCUT2D eigenvalue weighted by Crippen LogP contribution is -2.21. The van der Waals surface area contributed by atoms with Gasteiger partial charge in [-0.15, -0.1) is 13.2 Å². The highest BCUT2D eigenvalue weighted by molar-refractivity contribution is 8.22. The van der Waals surface area contributed by atoms with Crippen molar-refractivity contribution in [3.8, 4) is 11.5 Å². The van der Waals surface area contributed by atoms with Crippen molar-refractivity contribution in [3.05, 3.63) is 102 Å². The molecule has 0 aromatic heterocycles. The number of aromatic hydroxyl groups is 1. The molecule has 38 heavy (non-hydrogen) atoms. The first kappa shape index (κ1) is 27.5. The Labute approximate surface area is 226 Å². The van der Waals surface area contributed by atoms with Crippen LogP contribution in [-0.4, -0.2) is 19.9 Å². The topological polar surface area (TPSA) is 75.6 Å². The van der Waals surface area contributed by atoms with Gasteiger partial charge in [0.15, 0.2) is 0 Å². The minimum absolute atomic E-state index is 0.0620. The maximum Gasteiger partial charge on any atom is 0.573 e. The third-order valence-corrected chi connectivity index (χ3v) is 8.66. The van der Waals surface area contributed by atoms with E-state index in [2.05, 4.69) is 22.6 Å². The number of ether oxygens (including phenoxy) is 1. The lowest BCUT2D eigenvalue weighted by atomic mass is 10.1. The van der Waals surface area contributed by atoms with Crippen LogP contribution in [0, 0.1) is 0 Å². The normalized spacial score (nSPS) is 11.8. The van der Waals surface area contributed by atoms with Gasteiger partial charge in [-0.1, -0.05) is 97.4 Å². The van der Waals surface area contributed by atoms with Crippen molar-refractivity contribution in [2.45, 2.75) is 21.0 Å². The number of sulfonamides is 1. The van der Waals surface area contributed by atoms with Gasteiger partial charge in [0, 0.05) is 19.9 Å². The average Bonchev–Trinajstić information content (AvgIpc) is 2.86. The zero-order chi connectivity index (χ0) is 27.5. The molecular formula is C27H20F3NO4S3. The monoisotopic (exact) mass is 575 g/mol. The Morgan fingerprint density at radius 2 is 1.53 bits per heavy atom. The van der Waals surface area contributed by atoms with Gasteiger partial charge in [0.25, 0.3) is 10.0 Å². The summed E-state index contributed by atoms with van der Waals surface area (Å²) in [6.07, 6.45) is -3.37. The van der Waals surface area contributed by atoms with E-state index in [1.54, 1.807) is 30.3 Å². The van der Waals surface area contributed by atoms with Crippen molar-refractivity contribution in [1.82, 2.24) is 0 Å². The Balaban J connectivity index is 1.72. The summed E-state index contributed by atoms with van der Waals surface area (Å²) in [5.41, 5.74) is 0.960. The number of rotatable bonds is 9. The van der Waals surface area contributed by atoms with E-state index in [0.717, 1.165) is 34.4 Å². The number of anilines is 1. The minimum atomic E-state index is -5.08. The molecule has 0 saturated heterocycles. The predicted molar refractivity (Wildman–Crippen MR) is 147 cm³/mol. The number of phenols is 1. The SMILES string of the molecule is C=Cc1ccccc1SC(=C)Sc1cc(NS(=O)(=O)c2ccccc2OC(F)(F)F)c2ccccc2c1O. The summed E-state index contributed by atoms with van der Waals surface area (Å²) in [6, 6.07) is 19.9. The third-order valence-electron chi connectivity index (χ3n) is 5.18. The molecule has 0 aliphatic carbocycles. The van der Waals surface area contributed by atoms with Gasteiger partial charge >= 0.3 is 6.36 Å². The summed E-state index contributed by atoms with van der Waals surface area (Å²) >= 11 is 2.47. The molecule has 0 atom stereocenters. The molecule has 4 rings (SSSR count). The third kappa shape index (κ3) is 6.29. The van der Waals surface area contributed by atoms with E-state index >= 15 is 0 Å². The fourth-order valence-corrected chi connectivity index (χ4v) is 6.78. The van der Waals surface area contributed by atoms with E-state index < -0.39 is 27.0 Å². The second kappa shape index (κ2) is 11.1. The number of hydrogen-bond donors (Lipinski definition) is 2. The van der Waals surface area contributed by atoms with Gasteiger partial charge in [-0.25, -0.2) is 8.42 Å². The van der Waals surface area contributed by atoms with Crippen molar-refractivity contribution >= 4 is 56.1 Å². The Bertz CT molecular complexity index is 1640. The zero-order valence-corrected chi connectivity index (χ0v) is 22.0. The molecule has 2 N–H and O–H groups in total. The summed E-state index contributed by atoms with van der Waals surface area (Å²) in [6.45, 7) is 7.86. The second-order valence-electron chi connectivity index (χ2n) is 7.73. The first-order valence-electron chi connectivity index (χ1n) is 10.9. The molecule has 0 unspecified atom stereocenters. The van der Waals surface area contributed by atoms with Crippen LogP contribution in [-0.2, 0) is 10.0 Å². The Morgan fingerprint density at radius 1 is 0.921 bits per heavy atom. The van der Waals surface area contributed by atoms with Gasteiger partial charge in [-0.05, 0) is 29.8 Å². The fourth-order valence-electron chi connectivity index (χ4n) is 3.59. The molecule has 196 valence electrons. The lowest BCUT2D eigenvalue weighted by molar-refractivity contribution is -0.275. The first-order valence-corrected chi connectivity index (χ1v) is 14.0. The highest BCUT2D eigenvalue weighted by Crippen LogP contribution is 2.47. The number of thioether (sulfide) groups is 2. The number of nitrogens with one attached hydrogen (secondary N) is 1. The van der Waals surface area contributed by atoms with Crippen LogP contribution in [0.4, 0.5) is 18.9 Å². The molecule has 5 nitrogen and oxygen atoms in total. The summed E-state index contributed by atoms with van der Waals surface area (Å²) < 4.78 is 72.0. The number of benzene rings is 4. The molecule has 0 heterocycles. The maximum atomic E-state index is 13.2. The van der Waals surface area contributed by atoms with Crippen LogP contribution in [0.1, 0.15) is 5.56 Å². The smallest absolute Gasteiger partial charge is 0.506 e. The molecule has 0 saturated carbocycles. The molecule has 11 heteroatoms. The molecule has 0 spiro atoms. The predicted octanol–water partition coefficient (Wildman–Crippen LogP) is 8.24. The summed E-state index contributed by atoms with van der Waals surface area (Å²) in [5.74, 6) is -0.955. The molecule has 4 aromatic carbocycles. The van der Waals surface area contributed by atoms with Gasteiger partial charge in [0.1, 0.15) is 16.4 Å². The van der Waals surface area contributed by atoms with Gasteiger partial charge in [-0.2, -0.15) is 0 Å². The fraction of sp³-hybridized carbons (Fsp3) is 0.0370. The Kier molecular flexibility index (Phi) is 8.00. The number of alkyl halides is 3. The van der Waals surface area contributed by atoms with E-state index in [9.17, 15) is 26.7 Å². The minimum Gasteiger partial charge on any atom is -0.506 e. The zero-order valence-electron chi connectivity index (χ0n) is 19.5. The Hall–Kier alpha value is -3.54. The molecule has 0 aliphatic heterocycles. The van der Waals surface area contributed by atoms with E-state index in [-0.39, 0.29) is 11.4 Å². The van der Waals surface area contributed by atoms with E-state index in [0.29, 0.717) is 19.9 Å². The summed E-state index contributed by atoms with van der Waals surface area (Å²) in [7, 11) is -4.53. The number of phenolic OH excluding ortho intramolecular Hbond substituents is 1. The van der Waals surface area contributed by atoms with Gasteiger partial charge < -0.3 is 9.84 Å². The highest BCUT2D eigenvalue weighted by Gasteiger charge is 2.34. The van der Waals surface area contributed by atoms with Crippen molar-refractivity contribution in [1.29, 1.82) is 0 Å². The van der Waals surface area contributed by atoms with Crippen LogP contribution in [0.3, 0.4) is 0 Å². The first-order chi connectivity index (χ1) is 18.0. The molecule has 0 radical (unpaired) electrons. The van der Waals surface area contributed by atoms with E-state index in [4.69, 9.17) is 0 Å². The lowest BCUT2D eigenvalue weighted by Gasteiger charge is -2.17. The van der Waals surface area contributed by atoms with Crippen molar-refractivity contribution in [3.63, 3.8) is 0 Å². The largest absolute Gasteiger partial charge is 0.573 e. The van der Waals surface area contributed by atoms with Crippen LogP contribution in [0.25, 0.3) is 16.8 Å². The molecular weight excluding hydrogens is 555 g/mol. The highest BCUT2D eigenvalue weighted by atomic mass is 32.2. The van der Waals surface area contributed by atoms with E-state index in [1.807, 2.05) is 24.3 Å². The van der Waals surface area contributed by atoms with Crippen LogP contribution in [0.5, 0.6) is 11.5 Å². The molecule has 4 aromatic rings. The number of halogens is 3. The average molecular weight is 576 g/mol. The summed E-state index contributed by atoms with van der Waals surface area (Å²) in [4.78, 5) is 0.502. The van der Waals surface area contributed by atoms with Gasteiger partial charge in [-0.3, -0.25) is 4.72 Å². The number of hydrogen-bond acceptors (Lipinski definition) is 6. The number of fused-ring (bicyclic) bond motifs is 1. The quantitative estimate of drug-likeness (QED) is 0.155. The van der Waals surface area contributed by atoms with E-state index in [1.165, 1.54) is 30.0 Å². The van der Waals surface area contributed by atoms with Crippen LogP contribution < -0.4 is 9.46 Å². The number of para-hydroxylation sites is 1. The van der Waals surface area contributed by atoms with Crippen LogP contribution in [0.2, 0.25) is 0 Å². The molecule has 0 bridgehead atoms. The molecule has 0 amide bonds. The van der Waals surface area contributed by atoms with Crippen molar-refractivity contribution in [2.75, 3.05) is 4.72 Å². The molecule has 0 aliphatic rings. The van der Waals surface area contributed by atoms with Crippen molar-refractivity contribution in [2.24, 2.45) is 0 Å². The Morgan fingerprint density at radius 3 is 2.24 bits per heavy atom. The summed E-state index contributed by atoms with van der Waals surface area (Å²) in [5, 5.41) is 11.7. The van der Waals surface area contributed by atoms with Gasteiger partial charge in [0.2, 0.25) is 0 Å². The molecule has 0 fully saturated rings. The van der Waals surface area contributed by atoms with Crippen molar-refractivity contribution < 1.29 is 31.4 Å². The van der Waals surface area contributed by atoms with Crippen LogP contribution >= 0.6 is 23.5 Å². The van der Waals surface area contributed by atoms with Crippen LogP contribution in [0.15, 0.2) is 111 Å².